The molecule has 1 unspecified atom stereocenters. The van der Waals surface area contributed by atoms with Crippen LogP contribution < -0.4 is 28.3 Å². The Balaban J connectivity index is 0.000000284. The van der Waals surface area contributed by atoms with Gasteiger partial charge in [-0.2, -0.15) is 0 Å². The lowest BCUT2D eigenvalue weighted by atomic mass is 10.1. The Hall–Kier alpha value is -5.03. The lowest BCUT2D eigenvalue weighted by Gasteiger charge is -2.40. The summed E-state index contributed by atoms with van der Waals surface area (Å²) in [4.78, 5) is 68.7. The molecule has 302 valence electrons. The second-order valence-corrected chi connectivity index (χ2v) is 13.3. The highest BCUT2D eigenvalue weighted by Gasteiger charge is 2.34. The molecule has 17 heteroatoms. The van der Waals surface area contributed by atoms with Crippen molar-refractivity contribution in [2.75, 3.05) is 19.6 Å². The van der Waals surface area contributed by atoms with Gasteiger partial charge in [0.1, 0.15) is 29.1 Å². The summed E-state index contributed by atoms with van der Waals surface area (Å²) in [7, 11) is 0. The maximum atomic E-state index is 12.1. The Morgan fingerprint density at radius 2 is 1.51 bits per heavy atom. The molecule has 0 saturated carbocycles. The maximum absolute atomic E-state index is 12.1. The highest BCUT2D eigenvalue weighted by molar-refractivity contribution is 5.97. The van der Waals surface area contributed by atoms with Crippen molar-refractivity contribution in [2.24, 2.45) is 22.9 Å². The third kappa shape index (κ3) is 13.1. The number of aromatic nitrogens is 2. The zero-order valence-corrected chi connectivity index (χ0v) is 32.5. The van der Waals surface area contributed by atoms with Crippen molar-refractivity contribution in [1.29, 1.82) is 0 Å². The largest absolute Gasteiger partial charge is 0.507 e. The van der Waals surface area contributed by atoms with Gasteiger partial charge in [-0.1, -0.05) is 45.0 Å². The predicted molar refractivity (Wildman–Crippen MR) is 211 cm³/mol. The monoisotopic (exact) mass is 785 g/mol. The van der Waals surface area contributed by atoms with Gasteiger partial charge in [0, 0.05) is 38.0 Å². The summed E-state index contributed by atoms with van der Waals surface area (Å²) in [5.74, 6) is -0.229. The highest BCUT2D eigenvalue weighted by atomic mass is 35.5. The average molecular weight is 786 g/mol. The topological polar surface area (TPSA) is 277 Å². The van der Waals surface area contributed by atoms with E-state index in [1.54, 1.807) is 41.4 Å². The SMILES string of the molecule is CC[C@H](N)C(=O)CCC(=O)N1CCCC1C(N)=O.CC[C@H](N)C(=O)NC1CN(C(=O)c2ccccc2O)C1.CC[C@H](N)c1ncc(-c2ccccc2O)[nH]1.Cl. The first-order valence-electron chi connectivity index (χ1n) is 18.3. The zero-order valence-electron chi connectivity index (χ0n) is 31.6. The lowest BCUT2D eigenvalue weighted by molar-refractivity contribution is -0.138. The number of phenols is 2. The lowest BCUT2D eigenvalue weighted by Crippen LogP contribution is -2.62. The second kappa shape index (κ2) is 22.4. The number of aromatic amines is 1. The number of aromatic hydroxyl groups is 2. The first-order valence-corrected chi connectivity index (χ1v) is 18.3. The molecule has 1 aromatic heterocycles. The number of phenolic OH excluding ortho intramolecular Hbond substituents is 2. The minimum Gasteiger partial charge on any atom is -0.507 e. The molecular formula is C38H56ClN9O7. The molecule has 3 aromatic rings. The number of primary amides is 1. The number of halogens is 1. The van der Waals surface area contributed by atoms with Crippen LogP contribution in [0, 0.1) is 0 Å². The summed E-state index contributed by atoms with van der Waals surface area (Å²) in [5, 5.41) is 22.1. The number of H-pyrrole nitrogens is 1. The van der Waals surface area contributed by atoms with Crippen LogP contribution in [0.3, 0.4) is 0 Å². The number of ketones is 1. The van der Waals surface area contributed by atoms with E-state index in [0.717, 1.165) is 29.9 Å². The fourth-order valence-electron chi connectivity index (χ4n) is 5.76. The second-order valence-electron chi connectivity index (χ2n) is 13.3. The molecule has 12 N–H and O–H groups in total. The molecule has 55 heavy (non-hydrogen) atoms. The van der Waals surface area contributed by atoms with Crippen molar-refractivity contribution in [1.82, 2.24) is 25.1 Å². The fourth-order valence-corrected chi connectivity index (χ4v) is 5.76. The van der Waals surface area contributed by atoms with Crippen LogP contribution in [0.2, 0.25) is 0 Å². The van der Waals surface area contributed by atoms with Crippen LogP contribution in [-0.4, -0.2) is 103 Å². The van der Waals surface area contributed by atoms with Gasteiger partial charge in [-0.05, 0) is 56.4 Å². The summed E-state index contributed by atoms with van der Waals surface area (Å²) in [6.45, 7) is 7.10. The smallest absolute Gasteiger partial charge is 0.257 e. The molecule has 5 rings (SSSR count). The number of carbonyl (C=O) groups excluding carboxylic acids is 5. The van der Waals surface area contributed by atoms with Crippen LogP contribution in [0.4, 0.5) is 0 Å². The normalized spacial score (nSPS) is 16.4. The number of nitrogens with zero attached hydrogens (tertiary/aromatic N) is 3. The van der Waals surface area contributed by atoms with E-state index in [0.29, 0.717) is 38.9 Å². The molecule has 0 spiro atoms. The molecule has 4 atom stereocenters. The van der Waals surface area contributed by atoms with E-state index >= 15 is 0 Å². The number of hydrogen-bond acceptors (Lipinski definition) is 11. The third-order valence-electron chi connectivity index (χ3n) is 9.35. The van der Waals surface area contributed by atoms with Crippen LogP contribution in [0.5, 0.6) is 11.5 Å². The van der Waals surface area contributed by atoms with Crippen molar-refractivity contribution < 1.29 is 34.2 Å². The van der Waals surface area contributed by atoms with Crippen molar-refractivity contribution in [3.05, 3.63) is 66.1 Å². The van der Waals surface area contributed by atoms with Gasteiger partial charge >= 0.3 is 0 Å². The number of rotatable bonds is 13. The quantitative estimate of drug-likeness (QED) is 0.124. The molecule has 4 amide bonds. The van der Waals surface area contributed by atoms with Gasteiger partial charge < -0.3 is 53.2 Å². The summed E-state index contributed by atoms with van der Waals surface area (Å²) < 4.78 is 0. The van der Waals surface area contributed by atoms with Crippen LogP contribution in [0.1, 0.15) is 87.9 Å². The van der Waals surface area contributed by atoms with E-state index in [9.17, 15) is 34.2 Å². The molecule has 2 saturated heterocycles. The van der Waals surface area contributed by atoms with Gasteiger partial charge in [0.15, 0.2) is 0 Å². The molecule has 2 aromatic carbocycles. The standard InChI is InChI=1S/C14H19N3O3.C12H21N3O3.C12H15N3O.ClH/c1-2-11(15)13(19)16-9-7-17(8-9)14(20)10-5-3-4-6-12(10)18;1-2-8(13)10(16)5-6-11(17)15-7-3-4-9(15)12(14)18;1-2-9(13)12-14-7-10(15-12)8-5-3-4-6-11(8)16;/h3-6,9,11,18H,2,7-8,15H2,1H3,(H,16,19);8-9H,2-7,13H2,1H3,(H2,14,18);3-7,9,16H,2,13H2,1H3,(H,14,15);1H/t11-;8-,9?;9-;/m000./s1. The Bertz CT molecular complexity index is 1730. The van der Waals surface area contributed by atoms with Gasteiger partial charge in [0.25, 0.3) is 5.91 Å². The maximum Gasteiger partial charge on any atom is 0.257 e. The van der Waals surface area contributed by atoms with E-state index in [2.05, 4.69) is 15.3 Å². The number of carbonyl (C=O) groups is 5. The van der Waals surface area contributed by atoms with Crippen molar-refractivity contribution in [2.45, 2.75) is 95.9 Å². The summed E-state index contributed by atoms with van der Waals surface area (Å²) in [6, 6.07) is 11.9. The van der Waals surface area contributed by atoms with Gasteiger partial charge in [-0.15, -0.1) is 12.4 Å². The number of likely N-dealkylation sites (tertiary alicyclic amines) is 2. The summed E-state index contributed by atoms with van der Waals surface area (Å²) >= 11 is 0. The highest BCUT2D eigenvalue weighted by Crippen LogP contribution is 2.28. The van der Waals surface area contributed by atoms with Crippen molar-refractivity contribution >= 4 is 41.8 Å². The summed E-state index contributed by atoms with van der Waals surface area (Å²) in [6.07, 6.45) is 5.31. The summed E-state index contributed by atoms with van der Waals surface area (Å²) in [5.41, 5.74) is 24.1. The Morgan fingerprint density at radius 3 is 2.09 bits per heavy atom. The zero-order chi connectivity index (χ0) is 39.9. The first-order chi connectivity index (χ1) is 25.7. The van der Waals surface area contributed by atoms with E-state index in [-0.39, 0.29) is 77.9 Å². The molecule has 16 nitrogen and oxygen atoms in total. The molecule has 2 aliphatic heterocycles. The minimum atomic E-state index is -0.507. The number of amides is 4. The van der Waals surface area contributed by atoms with Crippen LogP contribution in [-0.2, 0) is 19.2 Å². The van der Waals surface area contributed by atoms with Gasteiger partial charge in [-0.3, -0.25) is 24.0 Å². The number of Topliss-reactive ketones (excluding diaryl/α,β-unsaturated/α-hetero) is 1. The molecule has 2 aliphatic rings. The van der Waals surface area contributed by atoms with E-state index in [1.807, 2.05) is 32.9 Å². The third-order valence-corrected chi connectivity index (χ3v) is 9.35. The molecule has 0 bridgehead atoms. The van der Waals surface area contributed by atoms with Crippen molar-refractivity contribution in [3.8, 4) is 22.8 Å². The number of nitrogens with one attached hydrogen (secondary N) is 2. The van der Waals surface area contributed by atoms with Crippen LogP contribution in [0.25, 0.3) is 11.3 Å². The van der Waals surface area contributed by atoms with Gasteiger partial charge in [-0.25, -0.2) is 4.98 Å². The number of benzene rings is 2. The average Bonchev–Trinajstić information content (AvgIpc) is 3.86. The fraction of sp³-hybridized carbons (Fsp3) is 0.474. The molecule has 0 aliphatic carbocycles. The van der Waals surface area contributed by atoms with Crippen LogP contribution >= 0.6 is 12.4 Å². The van der Waals surface area contributed by atoms with E-state index < -0.39 is 24.0 Å². The molecular weight excluding hydrogens is 730 g/mol. The number of hydrogen-bond donors (Lipinski definition) is 8. The Labute approximate surface area is 327 Å². The number of para-hydroxylation sites is 2. The molecule has 2 fully saturated rings. The molecule has 0 radical (unpaired) electrons. The Morgan fingerprint density at radius 1 is 0.891 bits per heavy atom. The van der Waals surface area contributed by atoms with E-state index in [4.69, 9.17) is 22.9 Å². The Kier molecular flexibility index (Phi) is 18.8. The number of nitrogens with two attached hydrogens (primary N) is 4. The first kappa shape index (κ1) is 46.1. The molecule has 3 heterocycles. The van der Waals surface area contributed by atoms with Gasteiger partial charge in [0.2, 0.25) is 17.7 Å². The van der Waals surface area contributed by atoms with Crippen molar-refractivity contribution in [3.63, 3.8) is 0 Å². The number of imidazole rings is 1. The van der Waals surface area contributed by atoms with Gasteiger partial charge in [0.05, 0.1) is 41.6 Å². The predicted octanol–water partition coefficient (Wildman–Crippen LogP) is 2.23. The van der Waals surface area contributed by atoms with Crippen LogP contribution in [0.15, 0.2) is 54.7 Å². The minimum absolute atomic E-state index is 0. The van der Waals surface area contributed by atoms with E-state index in [1.165, 1.54) is 11.0 Å².